The molecule has 0 aliphatic heterocycles. The minimum absolute atomic E-state index is 0.136. The van der Waals surface area contributed by atoms with Crippen LogP contribution in [0.5, 0.6) is 0 Å². The fourth-order valence-electron chi connectivity index (χ4n) is 3.27. The molecule has 30 heavy (non-hydrogen) atoms. The number of benzene rings is 2. The number of sulfonamides is 1. The van der Waals surface area contributed by atoms with Gasteiger partial charge in [0.1, 0.15) is 0 Å². The number of amides is 1. The molecule has 0 unspecified atom stereocenters. The number of carbonyl (C=O) groups excluding carboxylic acids is 1. The Morgan fingerprint density at radius 1 is 0.967 bits per heavy atom. The molecule has 0 bridgehead atoms. The topological polar surface area (TPSA) is 81.5 Å². The van der Waals surface area contributed by atoms with Gasteiger partial charge < -0.3 is 4.90 Å². The van der Waals surface area contributed by atoms with Crippen LogP contribution >= 0.6 is 0 Å². The Labute approximate surface area is 179 Å². The fourth-order valence-corrected chi connectivity index (χ4v) is 4.98. The van der Waals surface area contributed by atoms with Crippen LogP contribution in [0.4, 0.5) is 5.69 Å². The zero-order valence-electron chi connectivity index (χ0n) is 18.3. The summed E-state index contributed by atoms with van der Waals surface area (Å²) >= 11 is 0. The lowest BCUT2D eigenvalue weighted by atomic mass is 10.1. The third-order valence-electron chi connectivity index (χ3n) is 5.25. The van der Waals surface area contributed by atoms with Crippen molar-refractivity contribution < 1.29 is 13.2 Å². The van der Waals surface area contributed by atoms with Crippen molar-refractivity contribution in [1.29, 1.82) is 5.26 Å². The molecule has 0 N–H and O–H groups in total. The van der Waals surface area contributed by atoms with E-state index in [2.05, 4.69) is 6.07 Å². The molecule has 2 rings (SSSR count). The summed E-state index contributed by atoms with van der Waals surface area (Å²) in [7, 11) is -3.70. The molecule has 0 heterocycles. The number of hydrogen-bond donors (Lipinski definition) is 0. The summed E-state index contributed by atoms with van der Waals surface area (Å²) in [6.45, 7) is 10.2. The van der Waals surface area contributed by atoms with Gasteiger partial charge in [-0.1, -0.05) is 26.0 Å². The molecule has 6 nitrogen and oxygen atoms in total. The van der Waals surface area contributed by atoms with Crippen molar-refractivity contribution in [3.8, 4) is 6.07 Å². The fraction of sp³-hybridized carbons (Fsp3) is 0.391. The first-order chi connectivity index (χ1) is 14.2. The number of nitriles is 1. The van der Waals surface area contributed by atoms with E-state index in [1.165, 1.54) is 15.3 Å². The second-order valence-electron chi connectivity index (χ2n) is 7.20. The van der Waals surface area contributed by atoms with Gasteiger partial charge in [0.2, 0.25) is 10.0 Å². The monoisotopic (exact) mass is 427 g/mol. The van der Waals surface area contributed by atoms with Crippen LogP contribution in [0.15, 0.2) is 41.3 Å². The van der Waals surface area contributed by atoms with Crippen LogP contribution in [-0.4, -0.2) is 38.3 Å². The number of anilines is 1. The molecule has 0 spiro atoms. The minimum Gasteiger partial charge on any atom is -0.307 e. The average molecular weight is 428 g/mol. The van der Waals surface area contributed by atoms with Crippen LogP contribution in [0.3, 0.4) is 0 Å². The van der Waals surface area contributed by atoms with Crippen LogP contribution in [0.2, 0.25) is 0 Å². The van der Waals surface area contributed by atoms with Gasteiger partial charge in [-0.15, -0.1) is 0 Å². The second-order valence-corrected chi connectivity index (χ2v) is 9.11. The molecule has 7 heteroatoms. The van der Waals surface area contributed by atoms with Crippen molar-refractivity contribution in [1.82, 2.24) is 4.31 Å². The quantitative estimate of drug-likeness (QED) is 0.632. The zero-order chi connectivity index (χ0) is 22.5. The van der Waals surface area contributed by atoms with Gasteiger partial charge in [-0.05, 0) is 61.7 Å². The lowest BCUT2D eigenvalue weighted by molar-refractivity contribution is 0.0987. The highest BCUT2D eigenvalue weighted by Gasteiger charge is 2.26. The van der Waals surface area contributed by atoms with Gasteiger partial charge in [0, 0.05) is 30.9 Å². The van der Waals surface area contributed by atoms with E-state index in [1.807, 2.05) is 32.0 Å². The molecule has 0 aliphatic carbocycles. The number of nitrogens with zero attached hydrogens (tertiary/aromatic N) is 3. The molecular formula is C23H29N3O3S. The Bertz CT molecular complexity index is 1070. The summed E-state index contributed by atoms with van der Waals surface area (Å²) in [6, 6.07) is 12.5. The van der Waals surface area contributed by atoms with E-state index in [9.17, 15) is 13.2 Å². The van der Waals surface area contributed by atoms with Crippen molar-refractivity contribution in [2.24, 2.45) is 0 Å². The molecule has 0 fully saturated rings. The lowest BCUT2D eigenvalue weighted by Gasteiger charge is -2.24. The van der Waals surface area contributed by atoms with E-state index in [4.69, 9.17) is 5.26 Å². The van der Waals surface area contributed by atoms with Crippen LogP contribution in [0.25, 0.3) is 0 Å². The largest absolute Gasteiger partial charge is 0.307 e. The average Bonchev–Trinajstić information content (AvgIpc) is 2.71. The van der Waals surface area contributed by atoms with Gasteiger partial charge in [0.15, 0.2) is 0 Å². The molecule has 160 valence electrons. The molecule has 0 saturated carbocycles. The van der Waals surface area contributed by atoms with Crippen molar-refractivity contribution in [3.05, 3.63) is 58.7 Å². The third-order valence-corrected chi connectivity index (χ3v) is 7.44. The number of rotatable bonds is 8. The third kappa shape index (κ3) is 4.89. The Balaban J connectivity index is 2.53. The van der Waals surface area contributed by atoms with Crippen LogP contribution in [0, 0.1) is 32.1 Å². The Kier molecular flexibility index (Phi) is 7.77. The van der Waals surface area contributed by atoms with Crippen molar-refractivity contribution in [2.45, 2.75) is 45.9 Å². The lowest BCUT2D eigenvalue weighted by Crippen LogP contribution is -2.33. The first-order valence-electron chi connectivity index (χ1n) is 10.0. The highest BCUT2D eigenvalue weighted by Crippen LogP contribution is 2.25. The molecule has 0 aromatic heterocycles. The number of carbonyl (C=O) groups is 1. The Morgan fingerprint density at radius 2 is 1.60 bits per heavy atom. The summed E-state index contributed by atoms with van der Waals surface area (Å²) < 4.78 is 27.5. The smallest absolute Gasteiger partial charge is 0.258 e. The normalized spacial score (nSPS) is 11.4. The van der Waals surface area contributed by atoms with E-state index >= 15 is 0 Å². The van der Waals surface area contributed by atoms with Gasteiger partial charge in [-0.3, -0.25) is 4.79 Å². The highest BCUT2D eigenvalue weighted by atomic mass is 32.2. The Morgan fingerprint density at radius 3 is 2.17 bits per heavy atom. The van der Waals surface area contributed by atoms with Gasteiger partial charge in [0.05, 0.1) is 17.4 Å². The van der Waals surface area contributed by atoms with E-state index in [-0.39, 0.29) is 29.3 Å². The van der Waals surface area contributed by atoms with Crippen molar-refractivity contribution in [2.75, 3.05) is 24.5 Å². The highest BCUT2D eigenvalue weighted by molar-refractivity contribution is 7.89. The first-order valence-corrected chi connectivity index (χ1v) is 11.5. The standard InChI is InChI=1S/C23H29N3O3S/c1-6-25(7-2)30(28,29)22-16-20(11-9-18(22)4)23(27)26(14-8-13-24)21-12-10-17(3)19(5)15-21/h9-12,15-16H,6-8,14H2,1-5H3. The SMILES string of the molecule is CCN(CC)S(=O)(=O)c1cc(C(=O)N(CCC#N)c2ccc(C)c(C)c2)ccc1C. The zero-order valence-corrected chi connectivity index (χ0v) is 19.1. The summed E-state index contributed by atoms with van der Waals surface area (Å²) in [5.74, 6) is -0.329. The summed E-state index contributed by atoms with van der Waals surface area (Å²) in [6.07, 6.45) is 0.176. The molecule has 1 amide bonds. The van der Waals surface area contributed by atoms with Crippen molar-refractivity contribution >= 4 is 21.6 Å². The van der Waals surface area contributed by atoms with E-state index < -0.39 is 10.0 Å². The maximum absolute atomic E-state index is 13.4. The second kappa shape index (κ2) is 9.88. The summed E-state index contributed by atoms with van der Waals surface area (Å²) in [5.41, 5.74) is 3.70. The molecule has 2 aromatic carbocycles. The minimum atomic E-state index is -3.70. The number of hydrogen-bond acceptors (Lipinski definition) is 4. The molecule has 0 atom stereocenters. The predicted molar refractivity (Wildman–Crippen MR) is 119 cm³/mol. The van der Waals surface area contributed by atoms with E-state index in [0.717, 1.165) is 11.1 Å². The van der Waals surface area contributed by atoms with Crippen LogP contribution < -0.4 is 4.90 Å². The molecule has 0 aliphatic rings. The molecular weight excluding hydrogens is 398 g/mol. The maximum Gasteiger partial charge on any atom is 0.258 e. The summed E-state index contributed by atoms with van der Waals surface area (Å²) in [4.78, 5) is 15.0. The van der Waals surface area contributed by atoms with Gasteiger partial charge in [0.25, 0.3) is 5.91 Å². The van der Waals surface area contributed by atoms with Gasteiger partial charge in [-0.25, -0.2) is 8.42 Å². The van der Waals surface area contributed by atoms with Gasteiger partial charge >= 0.3 is 0 Å². The van der Waals surface area contributed by atoms with Crippen LogP contribution in [0.1, 0.15) is 47.3 Å². The molecule has 0 saturated heterocycles. The molecule has 2 aromatic rings. The summed E-state index contributed by atoms with van der Waals surface area (Å²) in [5, 5.41) is 9.04. The Hall–Kier alpha value is -2.69. The number of aryl methyl sites for hydroxylation is 3. The van der Waals surface area contributed by atoms with Gasteiger partial charge in [-0.2, -0.15) is 9.57 Å². The van der Waals surface area contributed by atoms with E-state index in [1.54, 1.807) is 32.9 Å². The maximum atomic E-state index is 13.4. The molecule has 0 radical (unpaired) electrons. The van der Waals surface area contributed by atoms with E-state index in [0.29, 0.717) is 24.3 Å². The first kappa shape index (κ1) is 23.6. The van der Waals surface area contributed by atoms with Crippen LogP contribution in [-0.2, 0) is 10.0 Å². The predicted octanol–water partition coefficient (Wildman–Crippen LogP) is 4.20. The van der Waals surface area contributed by atoms with Crippen molar-refractivity contribution in [3.63, 3.8) is 0 Å².